The van der Waals surface area contributed by atoms with Crippen molar-refractivity contribution in [3.63, 3.8) is 0 Å². The Morgan fingerprint density at radius 3 is 2.00 bits per heavy atom. The molecule has 0 aromatic rings. The van der Waals surface area contributed by atoms with Crippen molar-refractivity contribution in [1.29, 1.82) is 0 Å². The molecule has 1 radical (unpaired) electrons. The monoisotopic (exact) mass is 110 g/mol. The average Bonchev–Trinajstić information content (AvgIpc) is 1.77. The van der Waals surface area contributed by atoms with E-state index in [1.807, 2.05) is 0 Å². The first kappa shape index (κ1) is 5.54. The van der Waals surface area contributed by atoms with Gasteiger partial charge in [0, 0.05) is 0 Å². The summed E-state index contributed by atoms with van der Waals surface area (Å²) in [5.74, 6) is 0. The van der Waals surface area contributed by atoms with Crippen molar-refractivity contribution in [2.24, 2.45) is 0 Å². The first-order valence-corrected chi connectivity index (χ1v) is 2.47. The maximum atomic E-state index is 10.4. The van der Waals surface area contributed by atoms with Gasteiger partial charge in [-0.1, -0.05) is 30.4 Å². The predicted molar refractivity (Wildman–Crippen MR) is 26.5 cm³/mol. The molecular weight excluding hydrogens is 104 g/mol. The van der Waals surface area contributed by atoms with Crippen LogP contribution >= 0.6 is 0 Å². The molecule has 0 bridgehead atoms. The van der Waals surface area contributed by atoms with Gasteiger partial charge in [0.05, 0.1) is 0 Å². The lowest BCUT2D eigenvalue weighted by Crippen LogP contribution is -2.22. The quantitative estimate of drug-likeness (QED) is 0.393. The molecule has 0 amide bonds. The van der Waals surface area contributed by atoms with E-state index in [-0.39, 0.29) is 0 Å². The van der Waals surface area contributed by atoms with E-state index in [9.17, 15) is 10.2 Å². The molecule has 0 fully saturated rings. The van der Waals surface area contributed by atoms with Crippen LogP contribution in [0.25, 0.3) is 0 Å². The summed E-state index contributed by atoms with van der Waals surface area (Å²) in [6.45, 7) is 0. The van der Waals surface area contributed by atoms with E-state index < -0.39 is 12.2 Å². The van der Waals surface area contributed by atoms with Gasteiger partial charge in [-0.3, -0.25) is 0 Å². The van der Waals surface area contributed by atoms with Crippen molar-refractivity contribution in [2.75, 3.05) is 0 Å². The molecule has 0 aromatic carbocycles. The maximum Gasteiger partial charge on any atom is 0.129 e. The summed E-state index contributed by atoms with van der Waals surface area (Å²) in [5.41, 5.74) is 0. The predicted octanol–water partition coefficient (Wildman–Crippen LogP) is -0.360. The molecule has 0 N–H and O–H groups in total. The Balaban J connectivity index is 2.54. The molecule has 0 aliphatic heterocycles. The number of hydrogen-bond acceptors (Lipinski definition) is 1. The van der Waals surface area contributed by atoms with Gasteiger partial charge in [-0.15, -0.1) is 0 Å². The summed E-state index contributed by atoms with van der Waals surface area (Å²) in [7, 11) is 0. The van der Waals surface area contributed by atoms with Gasteiger partial charge in [-0.05, 0) is 0 Å². The molecule has 1 aliphatic rings. The molecule has 1 aliphatic carbocycles. The third-order valence-corrected chi connectivity index (χ3v) is 0.981. The van der Waals surface area contributed by atoms with E-state index in [2.05, 4.69) is 0 Å². The highest BCUT2D eigenvalue weighted by Gasteiger charge is 1.97. The van der Waals surface area contributed by atoms with Crippen molar-refractivity contribution in [2.45, 2.75) is 12.2 Å². The van der Waals surface area contributed by atoms with Crippen molar-refractivity contribution < 1.29 is 10.2 Å². The van der Waals surface area contributed by atoms with Gasteiger partial charge >= 0.3 is 0 Å². The summed E-state index contributed by atoms with van der Waals surface area (Å²) < 4.78 is 0. The lowest BCUT2D eigenvalue weighted by molar-refractivity contribution is -0.387. The highest BCUT2D eigenvalue weighted by Crippen LogP contribution is 1.99. The van der Waals surface area contributed by atoms with Crippen LogP contribution in [0.2, 0.25) is 0 Å². The van der Waals surface area contributed by atoms with Gasteiger partial charge in [0.15, 0.2) is 0 Å². The summed E-state index contributed by atoms with van der Waals surface area (Å²) in [4.78, 5) is 0. The van der Waals surface area contributed by atoms with E-state index >= 15 is 0 Å². The topological polar surface area (TPSA) is 43.0 Å². The van der Waals surface area contributed by atoms with Gasteiger partial charge in [0.2, 0.25) is 0 Å². The third-order valence-electron chi connectivity index (χ3n) is 0.981. The van der Waals surface area contributed by atoms with E-state index in [1.165, 1.54) is 24.3 Å². The van der Waals surface area contributed by atoms with Crippen LogP contribution in [0.15, 0.2) is 24.3 Å². The van der Waals surface area contributed by atoms with E-state index in [0.717, 1.165) is 0 Å². The zero-order chi connectivity index (χ0) is 5.98. The molecular formula is C6H6O2-. The van der Waals surface area contributed by atoms with Gasteiger partial charge in [0.25, 0.3) is 0 Å². The van der Waals surface area contributed by atoms with Gasteiger partial charge < -0.3 is 5.11 Å². The van der Waals surface area contributed by atoms with Crippen LogP contribution in [0.3, 0.4) is 0 Å². The Labute approximate surface area is 47.8 Å². The van der Waals surface area contributed by atoms with Crippen molar-refractivity contribution in [1.82, 2.24) is 0 Å². The minimum atomic E-state index is -0.791. The molecule has 0 atom stereocenters. The first-order valence-electron chi connectivity index (χ1n) is 2.47. The second-order valence-electron chi connectivity index (χ2n) is 1.70. The fourth-order valence-electron chi connectivity index (χ4n) is 0.566. The summed E-state index contributed by atoms with van der Waals surface area (Å²) >= 11 is 0. The number of rotatable bonds is 0. The highest BCUT2D eigenvalue weighted by molar-refractivity contribution is 5.14. The molecule has 43 valence electrons. The molecule has 0 saturated carbocycles. The van der Waals surface area contributed by atoms with Crippen LogP contribution in [0.1, 0.15) is 0 Å². The molecule has 1 rings (SSSR count). The average molecular weight is 110 g/mol. The van der Waals surface area contributed by atoms with Gasteiger partial charge in [-0.2, -0.15) is 0 Å². The first-order chi connectivity index (χ1) is 3.79. The van der Waals surface area contributed by atoms with Crippen LogP contribution in [0, 0.1) is 0 Å². The van der Waals surface area contributed by atoms with E-state index in [1.54, 1.807) is 0 Å². The largest absolute Gasteiger partial charge is 0.846 e. The van der Waals surface area contributed by atoms with Gasteiger partial charge in [-0.25, -0.2) is 5.11 Å². The molecule has 8 heavy (non-hydrogen) atoms. The zero-order valence-electron chi connectivity index (χ0n) is 4.28. The molecule has 0 spiro atoms. The SMILES string of the molecule is [O]C1C=CC([O-])C=C1. The minimum Gasteiger partial charge on any atom is -0.846 e. The highest BCUT2D eigenvalue weighted by atomic mass is 16.3. The van der Waals surface area contributed by atoms with Crippen LogP contribution in [0.4, 0.5) is 0 Å². The lowest BCUT2D eigenvalue weighted by atomic mass is 10.1. The Morgan fingerprint density at radius 1 is 1.12 bits per heavy atom. The van der Waals surface area contributed by atoms with Crippen molar-refractivity contribution in [3.8, 4) is 0 Å². The third kappa shape index (κ3) is 1.18. The van der Waals surface area contributed by atoms with Crippen molar-refractivity contribution in [3.05, 3.63) is 24.3 Å². The van der Waals surface area contributed by atoms with Crippen molar-refractivity contribution >= 4 is 0 Å². The normalized spacial score (nSPS) is 35.8. The molecule has 2 heteroatoms. The summed E-state index contributed by atoms with van der Waals surface area (Å²) in [5, 5.41) is 20.8. The standard InChI is InChI=1S/C6H6O2/c7-5-1-2-6(8)4-3-5/h1-6H/q-1. The molecule has 0 aromatic heterocycles. The Bertz CT molecular complexity index is 98.5. The van der Waals surface area contributed by atoms with Crippen LogP contribution < -0.4 is 5.11 Å². The van der Waals surface area contributed by atoms with Crippen LogP contribution in [0.5, 0.6) is 0 Å². The smallest absolute Gasteiger partial charge is 0.129 e. The Kier molecular flexibility index (Phi) is 1.46. The zero-order valence-corrected chi connectivity index (χ0v) is 4.28. The lowest BCUT2D eigenvalue weighted by Gasteiger charge is -2.15. The second kappa shape index (κ2) is 2.11. The molecule has 0 unspecified atom stereocenters. The molecule has 0 heterocycles. The summed E-state index contributed by atoms with van der Waals surface area (Å²) in [6.07, 6.45) is 3.91. The Morgan fingerprint density at radius 2 is 1.62 bits per heavy atom. The fourth-order valence-corrected chi connectivity index (χ4v) is 0.566. The fraction of sp³-hybridized carbons (Fsp3) is 0.333. The second-order valence-corrected chi connectivity index (χ2v) is 1.70. The summed E-state index contributed by atoms with van der Waals surface area (Å²) in [6, 6.07) is 0. The number of hydrogen-bond donors (Lipinski definition) is 0. The van der Waals surface area contributed by atoms with Crippen LogP contribution in [-0.2, 0) is 5.11 Å². The van der Waals surface area contributed by atoms with Crippen LogP contribution in [-0.4, -0.2) is 12.2 Å². The van der Waals surface area contributed by atoms with E-state index in [4.69, 9.17) is 0 Å². The van der Waals surface area contributed by atoms with E-state index in [0.29, 0.717) is 0 Å². The minimum absolute atomic E-state index is 0.791. The molecule has 0 saturated heterocycles. The Hall–Kier alpha value is -0.600. The maximum absolute atomic E-state index is 10.4. The van der Waals surface area contributed by atoms with Gasteiger partial charge in [0.1, 0.15) is 6.10 Å². The molecule has 2 nitrogen and oxygen atoms in total.